The van der Waals surface area contributed by atoms with E-state index in [4.69, 9.17) is 19.9 Å². The molecule has 3 aromatic rings. The number of fused-ring (bicyclic) bond motifs is 1. The van der Waals surface area contributed by atoms with Gasteiger partial charge in [0.1, 0.15) is 55.1 Å². The molecule has 10 N–H and O–H groups in total. The Morgan fingerprint density at radius 3 is 2.27 bits per heavy atom. The number of benzene rings is 1. The van der Waals surface area contributed by atoms with Gasteiger partial charge in [0.15, 0.2) is 29.5 Å². The quantitative estimate of drug-likeness (QED) is 0.0698. The summed E-state index contributed by atoms with van der Waals surface area (Å²) in [7, 11) is -11.2. The molecule has 2 saturated heterocycles. The van der Waals surface area contributed by atoms with Crippen LogP contribution in [0.5, 0.6) is 5.75 Å². The number of nitrogens with two attached hydrogens (primary N) is 1. The summed E-state index contributed by atoms with van der Waals surface area (Å²) >= 11 is 0. The SMILES string of the molecule is CC(=O)c1ccc(OC[C@@H]2OC(OP(=O)(O)OP(=O)(O)OC[C@H]3O[C@@H](n4cnc5c(=O)[nH]c(N)nc54)C(O)[C@H]3O)[C@@H](O)[C@H](O)[C@@H]2O)cc1. The molecule has 24 heteroatoms. The van der Waals surface area contributed by atoms with Gasteiger partial charge >= 0.3 is 15.6 Å². The van der Waals surface area contributed by atoms with Crippen LogP contribution in [0.4, 0.5) is 5.95 Å². The first-order valence-corrected chi connectivity index (χ1v) is 16.8. The van der Waals surface area contributed by atoms with Gasteiger partial charge in [0, 0.05) is 5.56 Å². The van der Waals surface area contributed by atoms with Gasteiger partial charge in [-0.15, -0.1) is 0 Å². The number of aromatic nitrogens is 4. The number of Topliss-reactive ketones (excluding diaryl/α,β-unsaturated/α-hetero) is 1. The molecule has 0 radical (unpaired) electrons. The fourth-order valence-electron chi connectivity index (χ4n) is 4.80. The molecule has 0 saturated carbocycles. The Hall–Kier alpha value is -3.18. The fraction of sp³-hybridized carbons (Fsp3) is 0.500. The number of aliphatic hydroxyl groups excluding tert-OH is 5. The van der Waals surface area contributed by atoms with Gasteiger partial charge in [-0.25, -0.2) is 14.1 Å². The van der Waals surface area contributed by atoms with Crippen molar-refractivity contribution < 1.29 is 76.8 Å². The number of hydrogen-bond acceptors (Lipinski definition) is 18. The number of ether oxygens (including phenoxy) is 3. The second-order valence-electron chi connectivity index (χ2n) is 10.6. The number of anilines is 1. The van der Waals surface area contributed by atoms with E-state index in [1.54, 1.807) is 0 Å². The van der Waals surface area contributed by atoms with Crippen molar-refractivity contribution in [3.05, 3.63) is 46.5 Å². The van der Waals surface area contributed by atoms with Gasteiger partial charge in [-0.05, 0) is 31.2 Å². The van der Waals surface area contributed by atoms with Gasteiger partial charge in [0.25, 0.3) is 5.56 Å². The maximum absolute atomic E-state index is 12.6. The Balaban J connectivity index is 1.18. The van der Waals surface area contributed by atoms with Gasteiger partial charge in [-0.3, -0.25) is 28.2 Å². The predicted molar refractivity (Wildman–Crippen MR) is 155 cm³/mol. The molecule has 2 fully saturated rings. The zero-order chi connectivity index (χ0) is 35.1. The summed E-state index contributed by atoms with van der Waals surface area (Å²) in [4.78, 5) is 53.8. The monoisotopic (exact) mass is 723 g/mol. The maximum Gasteiger partial charge on any atom is 0.483 e. The fourth-order valence-corrected chi connectivity index (χ4v) is 6.96. The first-order valence-electron chi connectivity index (χ1n) is 13.8. The lowest BCUT2D eigenvalue weighted by Gasteiger charge is -2.40. The van der Waals surface area contributed by atoms with E-state index in [1.807, 2.05) is 0 Å². The normalized spacial score (nSPS) is 31.7. The van der Waals surface area contributed by atoms with Crippen LogP contribution in [0.1, 0.15) is 23.5 Å². The average molecular weight is 723 g/mol. The second kappa shape index (κ2) is 14.0. The molecule has 2 aromatic heterocycles. The van der Waals surface area contributed by atoms with Gasteiger partial charge < -0.3 is 55.3 Å². The van der Waals surface area contributed by atoms with Crippen LogP contribution in [0.15, 0.2) is 35.4 Å². The van der Waals surface area contributed by atoms with Crippen molar-refractivity contribution in [3.63, 3.8) is 0 Å². The van der Waals surface area contributed by atoms with Crippen LogP contribution in [0.25, 0.3) is 11.2 Å². The van der Waals surface area contributed by atoms with E-state index in [0.717, 1.165) is 10.9 Å². The predicted octanol–water partition coefficient (Wildman–Crippen LogP) is -2.34. The van der Waals surface area contributed by atoms with E-state index in [0.29, 0.717) is 5.56 Å². The highest BCUT2D eigenvalue weighted by Gasteiger charge is 2.50. The minimum atomic E-state index is -5.67. The molecule has 0 amide bonds. The third kappa shape index (κ3) is 7.83. The van der Waals surface area contributed by atoms with Crippen LogP contribution in [0.2, 0.25) is 0 Å². The Labute approximate surface area is 268 Å². The molecule has 264 valence electrons. The van der Waals surface area contributed by atoms with Crippen LogP contribution in [-0.4, -0.2) is 123 Å². The Morgan fingerprint density at radius 1 is 0.958 bits per heavy atom. The average Bonchev–Trinajstić information content (AvgIpc) is 3.55. The van der Waals surface area contributed by atoms with Crippen molar-refractivity contribution in [1.29, 1.82) is 0 Å². The standard InChI is InChI=1S/C24H31N5O17P2/c1-9(30)10-2-4-11(5-3-10)41-6-12-15(31)17(33)19(35)23(44-12)45-48(39,40)46-47(37,38)42-7-13-16(32)18(34)22(43-13)29-8-26-14-20(29)27-24(25)28-21(14)36/h2-5,8,12-13,15-19,22-23,31-35H,6-7H2,1H3,(H,37,38)(H,39,40)(H3,25,27,28,36)/t12-,13+,15+,16-,17+,18?,19-,22+,23?/m0/s1. The molecule has 2 aliphatic rings. The highest BCUT2D eigenvalue weighted by atomic mass is 31.3. The molecule has 0 spiro atoms. The number of carbonyl (C=O) groups is 1. The Kier molecular flexibility index (Phi) is 10.5. The van der Waals surface area contributed by atoms with Crippen molar-refractivity contribution in [1.82, 2.24) is 19.5 Å². The Morgan fingerprint density at radius 2 is 1.60 bits per heavy atom. The van der Waals surface area contributed by atoms with E-state index >= 15 is 0 Å². The number of phosphoric acid groups is 2. The van der Waals surface area contributed by atoms with E-state index in [1.165, 1.54) is 31.2 Å². The van der Waals surface area contributed by atoms with Crippen LogP contribution >= 0.6 is 15.6 Å². The van der Waals surface area contributed by atoms with Crippen LogP contribution in [0, 0.1) is 0 Å². The molecule has 22 nitrogen and oxygen atoms in total. The lowest BCUT2D eigenvalue weighted by atomic mass is 9.99. The van der Waals surface area contributed by atoms with E-state index in [-0.39, 0.29) is 28.6 Å². The summed E-state index contributed by atoms with van der Waals surface area (Å²) in [5, 5.41) is 51.8. The molecule has 1 aromatic carbocycles. The molecule has 48 heavy (non-hydrogen) atoms. The first-order chi connectivity index (χ1) is 22.5. The molecular formula is C24H31N5O17P2. The number of nitrogen functional groups attached to an aromatic ring is 1. The van der Waals surface area contributed by atoms with Crippen LogP contribution in [-0.2, 0) is 32.0 Å². The number of aromatic amines is 1. The lowest BCUT2D eigenvalue weighted by molar-refractivity contribution is -0.279. The molecular weight excluding hydrogens is 692 g/mol. The topological polar surface area (TPSA) is 338 Å². The number of ketones is 1. The third-order valence-electron chi connectivity index (χ3n) is 7.25. The number of H-pyrrole nitrogens is 1. The number of imidazole rings is 1. The van der Waals surface area contributed by atoms with Crippen LogP contribution in [0.3, 0.4) is 0 Å². The largest absolute Gasteiger partial charge is 0.491 e. The Bertz CT molecular complexity index is 1790. The first kappa shape index (κ1) is 36.1. The van der Waals surface area contributed by atoms with Gasteiger partial charge in [0.05, 0.1) is 12.9 Å². The molecule has 0 bridgehead atoms. The molecule has 4 heterocycles. The lowest BCUT2D eigenvalue weighted by Crippen LogP contribution is -2.59. The minimum absolute atomic E-state index is 0.120. The van der Waals surface area contributed by atoms with Crippen molar-refractivity contribution in [2.45, 2.75) is 62.2 Å². The van der Waals surface area contributed by atoms with Crippen molar-refractivity contribution in [2.75, 3.05) is 18.9 Å². The maximum atomic E-state index is 12.6. The van der Waals surface area contributed by atoms with E-state index < -0.39 is 89.7 Å². The van der Waals surface area contributed by atoms with Gasteiger partial charge in [0.2, 0.25) is 5.95 Å². The molecule has 2 aliphatic heterocycles. The summed E-state index contributed by atoms with van der Waals surface area (Å²) in [6, 6.07) is 5.80. The molecule has 0 aliphatic carbocycles. The number of phosphoric ester groups is 2. The summed E-state index contributed by atoms with van der Waals surface area (Å²) in [5.74, 6) is -0.263. The summed E-state index contributed by atoms with van der Waals surface area (Å²) in [5.41, 5.74) is 4.96. The van der Waals surface area contributed by atoms with E-state index in [9.17, 15) is 54.0 Å². The van der Waals surface area contributed by atoms with Crippen molar-refractivity contribution >= 4 is 38.5 Å². The smallest absolute Gasteiger partial charge is 0.483 e. The number of aliphatic hydroxyl groups is 5. The van der Waals surface area contributed by atoms with Gasteiger partial charge in [-0.1, -0.05) is 0 Å². The number of carbonyl (C=O) groups excluding carboxylic acids is 1. The van der Waals surface area contributed by atoms with Crippen LogP contribution < -0.4 is 16.0 Å². The van der Waals surface area contributed by atoms with Gasteiger partial charge in [-0.2, -0.15) is 9.29 Å². The van der Waals surface area contributed by atoms with Crippen molar-refractivity contribution in [2.24, 2.45) is 0 Å². The number of nitrogens with one attached hydrogen (secondary N) is 1. The second-order valence-corrected chi connectivity index (χ2v) is 13.6. The minimum Gasteiger partial charge on any atom is -0.491 e. The van der Waals surface area contributed by atoms with E-state index in [2.05, 4.69) is 28.3 Å². The zero-order valence-corrected chi connectivity index (χ0v) is 26.3. The number of hydrogen-bond donors (Lipinski definition) is 9. The number of rotatable bonds is 12. The summed E-state index contributed by atoms with van der Waals surface area (Å²) in [6.07, 6.45) is -15.0. The summed E-state index contributed by atoms with van der Waals surface area (Å²) in [6.45, 7) is -0.139. The summed E-state index contributed by atoms with van der Waals surface area (Å²) < 4.78 is 56.1. The van der Waals surface area contributed by atoms with Crippen molar-refractivity contribution in [3.8, 4) is 5.75 Å². The molecule has 4 unspecified atom stereocenters. The third-order valence-corrected chi connectivity index (χ3v) is 9.85. The zero-order valence-electron chi connectivity index (χ0n) is 24.5. The molecule has 11 atom stereocenters. The number of nitrogens with zero attached hydrogens (tertiary/aromatic N) is 3. The molecule has 5 rings (SSSR count). The highest BCUT2D eigenvalue weighted by molar-refractivity contribution is 7.61. The highest BCUT2D eigenvalue weighted by Crippen LogP contribution is 2.61.